The van der Waals surface area contributed by atoms with Gasteiger partial charge in [-0.05, 0) is 48.9 Å². The molecule has 27 heavy (non-hydrogen) atoms. The largest absolute Gasteiger partial charge is 0.342 e. The molecule has 2 aromatic carbocycles. The van der Waals surface area contributed by atoms with Crippen LogP contribution in [0.15, 0.2) is 48.5 Å². The van der Waals surface area contributed by atoms with E-state index in [-0.39, 0.29) is 5.91 Å². The summed E-state index contributed by atoms with van der Waals surface area (Å²) >= 11 is 1.78. The Balaban J connectivity index is 1.37. The van der Waals surface area contributed by atoms with Crippen LogP contribution in [0.3, 0.4) is 0 Å². The summed E-state index contributed by atoms with van der Waals surface area (Å²) in [5.41, 5.74) is 3.68. The zero-order valence-corrected chi connectivity index (χ0v) is 16.7. The Morgan fingerprint density at radius 2 is 1.93 bits per heavy atom. The van der Waals surface area contributed by atoms with Crippen LogP contribution in [-0.4, -0.2) is 28.9 Å². The maximum absolute atomic E-state index is 12.8. The van der Waals surface area contributed by atoms with Crippen LogP contribution in [0, 0.1) is 0 Å². The van der Waals surface area contributed by atoms with Gasteiger partial charge in [-0.1, -0.05) is 43.3 Å². The Labute approximate surface area is 165 Å². The lowest BCUT2D eigenvalue weighted by Crippen LogP contribution is -2.39. The van der Waals surface area contributed by atoms with Gasteiger partial charge in [0.1, 0.15) is 0 Å². The van der Waals surface area contributed by atoms with Crippen LogP contribution in [0.1, 0.15) is 48.2 Å². The number of fused-ring (bicyclic) bond motifs is 1. The molecular formula is C23H26N2OS. The molecule has 1 fully saturated rings. The fraction of sp³-hybridized carbons (Fsp3) is 0.391. The van der Waals surface area contributed by atoms with Crippen molar-refractivity contribution < 1.29 is 4.79 Å². The molecule has 0 saturated carbocycles. The van der Waals surface area contributed by atoms with E-state index in [2.05, 4.69) is 54.3 Å². The number of nitrogens with zero attached hydrogens (tertiary/aromatic N) is 2. The van der Waals surface area contributed by atoms with Crippen LogP contribution in [0.4, 0.5) is 0 Å². The maximum Gasteiger partial charge on any atom is 0.222 e. The molecule has 2 heterocycles. The molecule has 0 aliphatic carbocycles. The van der Waals surface area contributed by atoms with Crippen LogP contribution < -0.4 is 0 Å². The second kappa shape index (κ2) is 8.22. The number of para-hydroxylation sites is 1. The quantitative estimate of drug-likeness (QED) is 0.611. The van der Waals surface area contributed by atoms with Crippen molar-refractivity contribution in [2.75, 3.05) is 13.1 Å². The molecule has 0 radical (unpaired) electrons. The van der Waals surface area contributed by atoms with Crippen molar-refractivity contribution in [1.29, 1.82) is 0 Å². The molecule has 0 unspecified atom stereocenters. The summed E-state index contributed by atoms with van der Waals surface area (Å²) in [4.78, 5) is 19.6. The van der Waals surface area contributed by atoms with Gasteiger partial charge in [0.15, 0.2) is 0 Å². The van der Waals surface area contributed by atoms with Gasteiger partial charge in [0.2, 0.25) is 5.91 Å². The van der Waals surface area contributed by atoms with Crippen molar-refractivity contribution in [3.8, 4) is 0 Å². The van der Waals surface area contributed by atoms with E-state index in [0.717, 1.165) is 44.3 Å². The van der Waals surface area contributed by atoms with Crippen LogP contribution in [0.5, 0.6) is 0 Å². The number of aromatic nitrogens is 1. The Kier molecular flexibility index (Phi) is 5.53. The lowest BCUT2D eigenvalue weighted by atomic mass is 9.98. The van der Waals surface area contributed by atoms with Crippen molar-refractivity contribution in [1.82, 2.24) is 9.88 Å². The third-order valence-corrected chi connectivity index (χ3v) is 6.69. The fourth-order valence-corrected chi connectivity index (χ4v) is 4.91. The Bertz CT molecular complexity index is 883. The molecule has 1 atom stereocenters. The minimum absolute atomic E-state index is 0.278. The summed E-state index contributed by atoms with van der Waals surface area (Å²) in [5.74, 6) is 0.657. The standard InChI is InChI=1S/C23H26N2OS/c1-2-17-9-11-18(12-10-17)13-14-22(26)25-15-5-6-19(16-25)23-24-20-7-3-4-8-21(20)27-23/h3-4,7-12,19H,2,5-6,13-16H2,1H3/t19-/m0/s1. The van der Waals surface area contributed by atoms with Crippen LogP contribution in [0.25, 0.3) is 10.2 Å². The molecule has 1 aromatic heterocycles. The molecule has 1 aliphatic heterocycles. The van der Waals surface area contributed by atoms with E-state index in [9.17, 15) is 4.79 Å². The topological polar surface area (TPSA) is 33.2 Å². The summed E-state index contributed by atoms with van der Waals surface area (Å²) in [6.45, 7) is 3.86. The van der Waals surface area contributed by atoms with Crippen LogP contribution in [0.2, 0.25) is 0 Å². The highest BCUT2D eigenvalue weighted by Crippen LogP contribution is 2.33. The molecule has 140 valence electrons. The van der Waals surface area contributed by atoms with Gasteiger partial charge >= 0.3 is 0 Å². The van der Waals surface area contributed by atoms with Gasteiger partial charge in [-0.2, -0.15) is 0 Å². The third kappa shape index (κ3) is 4.22. The number of hydrogen-bond donors (Lipinski definition) is 0. The molecule has 1 aliphatic rings. The van der Waals surface area contributed by atoms with E-state index in [1.165, 1.54) is 20.8 Å². The summed E-state index contributed by atoms with van der Waals surface area (Å²) in [6.07, 6.45) is 4.67. The average Bonchev–Trinajstić information content (AvgIpc) is 3.17. The highest BCUT2D eigenvalue weighted by atomic mass is 32.1. The third-order valence-electron chi connectivity index (χ3n) is 5.49. The number of likely N-dealkylation sites (tertiary alicyclic amines) is 1. The number of aryl methyl sites for hydroxylation is 2. The Morgan fingerprint density at radius 3 is 2.70 bits per heavy atom. The second-order valence-electron chi connectivity index (χ2n) is 7.37. The minimum Gasteiger partial charge on any atom is -0.342 e. The van der Waals surface area contributed by atoms with Gasteiger partial charge < -0.3 is 4.90 Å². The van der Waals surface area contributed by atoms with Crippen molar-refractivity contribution in [3.05, 3.63) is 64.7 Å². The van der Waals surface area contributed by atoms with Crippen molar-refractivity contribution >= 4 is 27.5 Å². The first-order valence-corrected chi connectivity index (χ1v) is 10.8. The van der Waals surface area contributed by atoms with E-state index in [4.69, 9.17) is 4.98 Å². The summed E-state index contributed by atoms with van der Waals surface area (Å²) in [6, 6.07) is 17.0. The van der Waals surface area contributed by atoms with Crippen molar-refractivity contribution in [2.45, 2.75) is 44.9 Å². The molecule has 3 nitrogen and oxygen atoms in total. The lowest BCUT2D eigenvalue weighted by molar-refractivity contribution is -0.132. The molecular weight excluding hydrogens is 352 g/mol. The molecule has 4 heteroatoms. The summed E-state index contributed by atoms with van der Waals surface area (Å²) < 4.78 is 1.24. The first kappa shape index (κ1) is 18.2. The molecule has 3 aromatic rings. The zero-order valence-electron chi connectivity index (χ0n) is 15.9. The molecule has 0 N–H and O–H groups in total. The van der Waals surface area contributed by atoms with Gasteiger partial charge in [-0.15, -0.1) is 11.3 Å². The first-order chi connectivity index (χ1) is 13.2. The highest BCUT2D eigenvalue weighted by Gasteiger charge is 2.26. The van der Waals surface area contributed by atoms with E-state index < -0.39 is 0 Å². The second-order valence-corrected chi connectivity index (χ2v) is 8.43. The monoisotopic (exact) mass is 378 g/mol. The number of amides is 1. The normalized spacial score (nSPS) is 17.4. The van der Waals surface area contributed by atoms with E-state index in [1.807, 2.05) is 6.07 Å². The van der Waals surface area contributed by atoms with Gasteiger partial charge in [0, 0.05) is 25.4 Å². The zero-order chi connectivity index (χ0) is 18.6. The minimum atomic E-state index is 0.278. The fourth-order valence-electron chi connectivity index (χ4n) is 3.82. The number of thiazole rings is 1. The van der Waals surface area contributed by atoms with Gasteiger partial charge in [0.05, 0.1) is 15.2 Å². The van der Waals surface area contributed by atoms with E-state index in [1.54, 1.807) is 11.3 Å². The Hall–Kier alpha value is -2.20. The number of piperidine rings is 1. The molecule has 4 rings (SSSR count). The van der Waals surface area contributed by atoms with Gasteiger partial charge in [0.25, 0.3) is 0 Å². The van der Waals surface area contributed by atoms with E-state index in [0.29, 0.717) is 12.3 Å². The molecule has 0 spiro atoms. The number of rotatable bonds is 5. The molecule has 0 bridgehead atoms. The highest BCUT2D eigenvalue weighted by molar-refractivity contribution is 7.18. The first-order valence-electron chi connectivity index (χ1n) is 9.94. The average molecular weight is 379 g/mol. The van der Waals surface area contributed by atoms with Crippen molar-refractivity contribution in [3.63, 3.8) is 0 Å². The van der Waals surface area contributed by atoms with E-state index >= 15 is 0 Å². The predicted molar refractivity (Wildman–Crippen MR) is 112 cm³/mol. The number of carbonyl (C=O) groups is 1. The number of hydrogen-bond acceptors (Lipinski definition) is 3. The van der Waals surface area contributed by atoms with Gasteiger partial charge in [-0.3, -0.25) is 4.79 Å². The predicted octanol–water partition coefficient (Wildman–Crippen LogP) is 5.20. The van der Waals surface area contributed by atoms with Gasteiger partial charge in [-0.25, -0.2) is 4.98 Å². The van der Waals surface area contributed by atoms with Crippen LogP contribution in [-0.2, 0) is 17.6 Å². The SMILES string of the molecule is CCc1ccc(CCC(=O)N2CCC[C@H](c3nc4ccccc4s3)C2)cc1. The smallest absolute Gasteiger partial charge is 0.222 e. The van der Waals surface area contributed by atoms with Crippen molar-refractivity contribution in [2.24, 2.45) is 0 Å². The maximum atomic E-state index is 12.8. The number of carbonyl (C=O) groups excluding carboxylic acids is 1. The van der Waals surface area contributed by atoms with Crippen LogP contribution >= 0.6 is 11.3 Å². The summed E-state index contributed by atoms with van der Waals surface area (Å²) in [7, 11) is 0. The summed E-state index contributed by atoms with van der Waals surface area (Å²) in [5, 5.41) is 1.18. The Morgan fingerprint density at radius 1 is 1.15 bits per heavy atom. The lowest BCUT2D eigenvalue weighted by Gasteiger charge is -2.32. The molecule has 1 saturated heterocycles. The molecule has 1 amide bonds. The number of benzene rings is 2.